The van der Waals surface area contributed by atoms with E-state index in [4.69, 9.17) is 5.73 Å². The smallest absolute Gasteiger partial charge is 0.227 e. The van der Waals surface area contributed by atoms with Gasteiger partial charge in [0.1, 0.15) is 0 Å². The number of carbonyl (C=O) groups excluding carboxylic acids is 1. The Morgan fingerprint density at radius 3 is 2.12 bits per heavy atom. The normalized spacial score (nSPS) is 16.5. The van der Waals surface area contributed by atoms with Crippen LogP contribution in [-0.2, 0) is 4.79 Å². The Labute approximate surface area is 109 Å². The maximum Gasteiger partial charge on any atom is 0.227 e. The van der Waals surface area contributed by atoms with Gasteiger partial charge >= 0.3 is 0 Å². The number of carbonyl (C=O) groups is 1. The molecular formula is C12H26N2O2S. The van der Waals surface area contributed by atoms with Crippen LogP contribution in [0.2, 0.25) is 0 Å². The summed E-state index contributed by atoms with van der Waals surface area (Å²) in [7, 11) is 0. The molecule has 0 saturated carbocycles. The van der Waals surface area contributed by atoms with E-state index < -0.39 is 16.6 Å². The summed E-state index contributed by atoms with van der Waals surface area (Å²) in [6.07, 6.45) is 1.92. The van der Waals surface area contributed by atoms with Crippen LogP contribution >= 0.6 is 11.8 Å². The summed E-state index contributed by atoms with van der Waals surface area (Å²) < 4.78 is 0. The highest BCUT2D eigenvalue weighted by Crippen LogP contribution is 2.28. The predicted octanol–water partition coefficient (Wildman–Crippen LogP) is 0.980. The summed E-state index contributed by atoms with van der Waals surface area (Å²) >= 11 is 1.55. The molecule has 1 amide bonds. The largest absolute Gasteiger partial charge is 0.387 e. The van der Waals surface area contributed by atoms with Crippen molar-refractivity contribution in [1.82, 2.24) is 5.32 Å². The van der Waals surface area contributed by atoms with Gasteiger partial charge in [-0.1, -0.05) is 0 Å². The van der Waals surface area contributed by atoms with Crippen LogP contribution in [0.3, 0.4) is 0 Å². The molecule has 17 heavy (non-hydrogen) atoms. The van der Waals surface area contributed by atoms with E-state index in [2.05, 4.69) is 5.32 Å². The van der Waals surface area contributed by atoms with Crippen molar-refractivity contribution in [3.63, 3.8) is 0 Å². The molecule has 0 aromatic rings. The first-order valence-electron chi connectivity index (χ1n) is 5.72. The average molecular weight is 262 g/mol. The van der Waals surface area contributed by atoms with Crippen LogP contribution in [0.5, 0.6) is 0 Å². The standard InChI is InChI=1S/C12H26N2O2S/c1-10(2,11(3,4)13)9(15)14-7-12(5,16)8-17-6/h16H,7-8,13H2,1-6H3,(H,14,15). The van der Waals surface area contributed by atoms with Gasteiger partial charge in [-0.15, -0.1) is 0 Å². The molecule has 0 aliphatic rings. The second kappa shape index (κ2) is 5.59. The van der Waals surface area contributed by atoms with Gasteiger partial charge in [-0.3, -0.25) is 4.79 Å². The van der Waals surface area contributed by atoms with Crippen LogP contribution in [0.4, 0.5) is 0 Å². The summed E-state index contributed by atoms with van der Waals surface area (Å²) in [6, 6.07) is 0. The zero-order chi connectivity index (χ0) is 13.9. The van der Waals surface area contributed by atoms with E-state index in [1.807, 2.05) is 34.0 Å². The first kappa shape index (κ1) is 16.7. The van der Waals surface area contributed by atoms with Gasteiger partial charge in [-0.25, -0.2) is 0 Å². The van der Waals surface area contributed by atoms with E-state index in [-0.39, 0.29) is 12.5 Å². The minimum Gasteiger partial charge on any atom is -0.387 e. The zero-order valence-electron chi connectivity index (χ0n) is 11.8. The van der Waals surface area contributed by atoms with Gasteiger partial charge in [0.2, 0.25) is 5.91 Å². The number of nitrogens with one attached hydrogen (secondary N) is 1. The Bertz CT molecular complexity index is 270. The van der Waals surface area contributed by atoms with E-state index >= 15 is 0 Å². The molecule has 0 fully saturated rings. The number of amides is 1. The van der Waals surface area contributed by atoms with Gasteiger partial charge in [0.05, 0.1) is 11.0 Å². The molecule has 4 N–H and O–H groups in total. The van der Waals surface area contributed by atoms with Crippen molar-refractivity contribution in [3.05, 3.63) is 0 Å². The molecule has 0 aliphatic heterocycles. The molecule has 0 radical (unpaired) electrons. The van der Waals surface area contributed by atoms with Crippen LogP contribution in [-0.4, -0.2) is 40.7 Å². The van der Waals surface area contributed by atoms with Crippen molar-refractivity contribution in [2.75, 3.05) is 18.6 Å². The maximum absolute atomic E-state index is 12.1. The molecule has 0 aromatic carbocycles. The quantitative estimate of drug-likeness (QED) is 0.667. The summed E-state index contributed by atoms with van der Waals surface area (Å²) in [5.74, 6) is 0.450. The van der Waals surface area contributed by atoms with Gasteiger partial charge in [-0.05, 0) is 40.9 Å². The second-order valence-electron chi connectivity index (χ2n) is 5.96. The van der Waals surface area contributed by atoms with Crippen LogP contribution in [0, 0.1) is 5.41 Å². The lowest BCUT2D eigenvalue weighted by molar-refractivity contribution is -0.133. The molecule has 0 aromatic heterocycles. The molecule has 0 bridgehead atoms. The highest BCUT2D eigenvalue weighted by molar-refractivity contribution is 7.98. The topological polar surface area (TPSA) is 75.3 Å². The van der Waals surface area contributed by atoms with Gasteiger partial charge < -0.3 is 16.2 Å². The number of rotatable bonds is 6. The highest BCUT2D eigenvalue weighted by Gasteiger charge is 2.40. The monoisotopic (exact) mass is 262 g/mol. The fourth-order valence-electron chi connectivity index (χ4n) is 1.15. The Hall–Kier alpha value is -0.260. The van der Waals surface area contributed by atoms with Crippen molar-refractivity contribution in [1.29, 1.82) is 0 Å². The van der Waals surface area contributed by atoms with Crippen molar-refractivity contribution in [2.24, 2.45) is 11.1 Å². The number of thioether (sulfide) groups is 1. The molecule has 102 valence electrons. The third kappa shape index (κ3) is 4.85. The van der Waals surface area contributed by atoms with Gasteiger partial charge in [0.25, 0.3) is 0 Å². The van der Waals surface area contributed by atoms with Crippen molar-refractivity contribution >= 4 is 17.7 Å². The fraction of sp³-hybridized carbons (Fsp3) is 0.917. The molecule has 5 heteroatoms. The lowest BCUT2D eigenvalue weighted by Gasteiger charge is -2.37. The third-order valence-corrected chi connectivity index (χ3v) is 4.17. The SMILES string of the molecule is CSCC(C)(O)CNC(=O)C(C)(C)C(C)(C)N. The van der Waals surface area contributed by atoms with Crippen LogP contribution in [0.1, 0.15) is 34.6 Å². The summed E-state index contributed by atoms with van der Waals surface area (Å²) in [5.41, 5.74) is 3.81. The average Bonchev–Trinajstić information content (AvgIpc) is 2.12. The number of aliphatic hydroxyl groups is 1. The third-order valence-electron chi connectivity index (χ3n) is 3.26. The Morgan fingerprint density at radius 1 is 1.29 bits per heavy atom. The molecule has 4 nitrogen and oxygen atoms in total. The zero-order valence-corrected chi connectivity index (χ0v) is 12.6. The fourth-order valence-corrected chi connectivity index (χ4v) is 1.87. The first-order chi connectivity index (χ1) is 7.44. The highest BCUT2D eigenvalue weighted by atomic mass is 32.2. The molecule has 1 unspecified atom stereocenters. The molecule has 0 aliphatic carbocycles. The molecule has 0 saturated heterocycles. The molecule has 0 heterocycles. The Morgan fingerprint density at radius 2 is 1.76 bits per heavy atom. The Balaban J connectivity index is 4.48. The molecule has 0 spiro atoms. The van der Waals surface area contributed by atoms with E-state index in [0.717, 1.165) is 0 Å². The number of hydrogen-bond acceptors (Lipinski definition) is 4. The minimum absolute atomic E-state index is 0.133. The summed E-state index contributed by atoms with van der Waals surface area (Å²) in [4.78, 5) is 12.1. The van der Waals surface area contributed by atoms with Gasteiger partial charge in [0.15, 0.2) is 0 Å². The van der Waals surface area contributed by atoms with Crippen molar-refractivity contribution < 1.29 is 9.90 Å². The predicted molar refractivity (Wildman–Crippen MR) is 74.1 cm³/mol. The van der Waals surface area contributed by atoms with Crippen molar-refractivity contribution in [3.8, 4) is 0 Å². The second-order valence-corrected chi connectivity index (χ2v) is 6.83. The lowest BCUT2D eigenvalue weighted by atomic mass is 9.74. The first-order valence-corrected chi connectivity index (χ1v) is 7.12. The minimum atomic E-state index is -0.885. The summed E-state index contributed by atoms with van der Waals surface area (Å²) in [5, 5.41) is 12.7. The van der Waals surface area contributed by atoms with E-state index in [1.165, 1.54) is 0 Å². The molecule has 1 atom stereocenters. The van der Waals surface area contributed by atoms with Gasteiger partial charge in [0, 0.05) is 17.8 Å². The van der Waals surface area contributed by atoms with Gasteiger partial charge in [-0.2, -0.15) is 11.8 Å². The number of hydrogen-bond donors (Lipinski definition) is 3. The van der Waals surface area contributed by atoms with Crippen LogP contribution < -0.4 is 11.1 Å². The van der Waals surface area contributed by atoms with E-state index in [0.29, 0.717) is 5.75 Å². The van der Waals surface area contributed by atoms with E-state index in [9.17, 15) is 9.90 Å². The Kier molecular flexibility index (Phi) is 5.50. The number of nitrogens with two attached hydrogens (primary N) is 1. The summed E-state index contributed by atoms with van der Waals surface area (Å²) in [6.45, 7) is 9.23. The van der Waals surface area contributed by atoms with Crippen molar-refractivity contribution in [2.45, 2.75) is 45.8 Å². The van der Waals surface area contributed by atoms with E-state index in [1.54, 1.807) is 18.7 Å². The lowest BCUT2D eigenvalue weighted by Crippen LogP contribution is -2.57. The molecular weight excluding hydrogens is 236 g/mol. The van der Waals surface area contributed by atoms with Crippen LogP contribution in [0.25, 0.3) is 0 Å². The maximum atomic E-state index is 12.1. The van der Waals surface area contributed by atoms with Crippen LogP contribution in [0.15, 0.2) is 0 Å². The molecule has 0 rings (SSSR count).